The van der Waals surface area contributed by atoms with Crippen molar-refractivity contribution in [3.8, 4) is 0 Å². The largest absolute Gasteiger partial charge is 0.395 e. The molecule has 2 heterocycles. The average molecular weight is 286 g/mol. The van der Waals surface area contributed by atoms with Crippen molar-refractivity contribution in [2.45, 2.75) is 5.25 Å². The molecule has 1 aromatic heterocycles. The molecule has 0 aromatic carbocycles. The lowest BCUT2D eigenvalue weighted by molar-refractivity contribution is -0.391. The molecule has 19 heavy (non-hydrogen) atoms. The molecular weight excluding hydrogens is 272 g/mol. The standard InChI is InChI=1S/C9H14N6O3S/c1-12(3-4-16)15-11-5-7(19-15)9-10-6-8(13(9)2)14(17)18/h5-7,16H,3-4H2,1-2H3. The number of likely N-dealkylation sites (N-methyl/N-ethyl adjacent to an activating group) is 1. The maximum atomic E-state index is 10.8. The molecule has 1 aliphatic heterocycles. The van der Waals surface area contributed by atoms with Crippen LogP contribution in [0.4, 0.5) is 5.82 Å². The van der Waals surface area contributed by atoms with E-state index in [-0.39, 0.29) is 17.7 Å². The minimum absolute atomic E-state index is 0.0294. The van der Waals surface area contributed by atoms with Gasteiger partial charge in [0, 0.05) is 25.5 Å². The van der Waals surface area contributed by atoms with Crippen LogP contribution in [0, 0.1) is 10.1 Å². The molecule has 0 spiro atoms. The third kappa shape index (κ3) is 2.69. The molecule has 0 bridgehead atoms. The number of aromatic nitrogens is 2. The molecule has 2 rings (SSSR count). The van der Waals surface area contributed by atoms with Gasteiger partial charge < -0.3 is 15.2 Å². The lowest BCUT2D eigenvalue weighted by Gasteiger charge is -2.23. The van der Waals surface area contributed by atoms with Gasteiger partial charge in [0.05, 0.1) is 19.9 Å². The molecule has 0 saturated carbocycles. The molecule has 0 fully saturated rings. The van der Waals surface area contributed by atoms with Gasteiger partial charge in [-0.15, -0.1) is 0 Å². The van der Waals surface area contributed by atoms with Crippen molar-refractivity contribution in [2.75, 3.05) is 20.2 Å². The van der Waals surface area contributed by atoms with Crippen LogP contribution >= 0.6 is 11.9 Å². The van der Waals surface area contributed by atoms with Crippen LogP contribution in [0.1, 0.15) is 11.1 Å². The van der Waals surface area contributed by atoms with Crippen molar-refractivity contribution in [3.05, 3.63) is 22.1 Å². The van der Waals surface area contributed by atoms with Crippen molar-refractivity contribution in [3.63, 3.8) is 0 Å². The second kappa shape index (κ2) is 5.55. The van der Waals surface area contributed by atoms with Gasteiger partial charge >= 0.3 is 5.82 Å². The van der Waals surface area contributed by atoms with E-state index in [9.17, 15) is 10.1 Å². The highest BCUT2D eigenvalue weighted by Crippen LogP contribution is 2.36. The van der Waals surface area contributed by atoms with E-state index in [0.717, 1.165) is 0 Å². The van der Waals surface area contributed by atoms with E-state index in [1.54, 1.807) is 29.8 Å². The van der Waals surface area contributed by atoms with Crippen LogP contribution in [0.3, 0.4) is 0 Å². The summed E-state index contributed by atoms with van der Waals surface area (Å²) < 4.78 is 3.07. The zero-order valence-corrected chi connectivity index (χ0v) is 11.3. The Bertz CT molecular complexity index is 504. The Labute approximate surface area is 113 Å². The number of hydrazone groups is 1. The molecule has 104 valence electrons. The summed E-state index contributed by atoms with van der Waals surface area (Å²) in [5, 5.41) is 25.4. The minimum atomic E-state index is -0.469. The zero-order chi connectivity index (χ0) is 14.0. The van der Waals surface area contributed by atoms with Gasteiger partial charge in [-0.05, 0) is 4.92 Å². The zero-order valence-electron chi connectivity index (χ0n) is 10.5. The SMILES string of the molecule is CN(CCO)N1N=CC(c2ncc([N+](=O)[O-])n2C)S1. The lowest BCUT2D eigenvalue weighted by atomic mass is 10.4. The fourth-order valence-corrected chi connectivity index (χ4v) is 2.61. The van der Waals surface area contributed by atoms with Crippen LogP contribution in [0.2, 0.25) is 0 Å². The van der Waals surface area contributed by atoms with Gasteiger partial charge in [0.15, 0.2) is 0 Å². The van der Waals surface area contributed by atoms with Gasteiger partial charge in [-0.25, -0.2) is 9.55 Å². The Morgan fingerprint density at radius 1 is 1.68 bits per heavy atom. The number of nitro groups is 1. The maximum absolute atomic E-state index is 10.8. The van der Waals surface area contributed by atoms with Crippen LogP contribution in [-0.2, 0) is 7.05 Å². The molecule has 0 aliphatic carbocycles. The number of hydrogen-bond acceptors (Lipinski definition) is 8. The van der Waals surface area contributed by atoms with Gasteiger partial charge in [0.2, 0.25) is 5.82 Å². The normalized spacial score (nSPS) is 18.5. The molecule has 1 N–H and O–H groups in total. The fraction of sp³-hybridized carbons (Fsp3) is 0.556. The molecule has 1 aliphatic rings. The Balaban J connectivity index is 2.10. The highest BCUT2D eigenvalue weighted by Gasteiger charge is 2.31. The summed E-state index contributed by atoms with van der Waals surface area (Å²) in [6.45, 7) is 0.486. The summed E-state index contributed by atoms with van der Waals surface area (Å²) in [6.07, 6.45) is 2.91. The molecule has 1 atom stereocenters. The number of rotatable bonds is 5. The third-order valence-corrected chi connectivity index (χ3v) is 3.79. The predicted octanol–water partition coefficient (Wildman–Crippen LogP) is 0.158. The summed E-state index contributed by atoms with van der Waals surface area (Å²) >= 11 is 1.37. The Hall–Kier alpha value is -1.65. The van der Waals surface area contributed by atoms with Crippen LogP contribution < -0.4 is 0 Å². The Morgan fingerprint density at radius 3 is 3.00 bits per heavy atom. The van der Waals surface area contributed by atoms with E-state index in [1.807, 2.05) is 0 Å². The number of hydrogen-bond donors (Lipinski definition) is 1. The lowest BCUT2D eigenvalue weighted by Crippen LogP contribution is -2.31. The topological polar surface area (TPSA) is 100 Å². The van der Waals surface area contributed by atoms with E-state index in [4.69, 9.17) is 5.11 Å². The number of hydrazine groups is 1. The summed E-state index contributed by atoms with van der Waals surface area (Å²) in [6, 6.07) is 0. The summed E-state index contributed by atoms with van der Waals surface area (Å²) in [7, 11) is 3.40. The van der Waals surface area contributed by atoms with Crippen LogP contribution in [0.25, 0.3) is 0 Å². The predicted molar refractivity (Wildman–Crippen MR) is 70.2 cm³/mol. The van der Waals surface area contributed by atoms with Gasteiger partial charge in [0.1, 0.15) is 11.4 Å². The highest BCUT2D eigenvalue weighted by molar-refractivity contribution is 7.98. The van der Waals surface area contributed by atoms with Crippen molar-refractivity contribution >= 4 is 24.0 Å². The third-order valence-electron chi connectivity index (χ3n) is 2.67. The molecule has 10 heteroatoms. The molecule has 0 saturated heterocycles. The van der Waals surface area contributed by atoms with E-state index < -0.39 is 4.92 Å². The number of nitrogens with zero attached hydrogens (tertiary/aromatic N) is 6. The minimum Gasteiger partial charge on any atom is -0.395 e. The first-order valence-corrected chi connectivity index (χ1v) is 6.37. The van der Waals surface area contributed by atoms with E-state index >= 15 is 0 Å². The van der Waals surface area contributed by atoms with Crippen molar-refractivity contribution in [1.82, 2.24) is 19.1 Å². The Morgan fingerprint density at radius 2 is 2.42 bits per heavy atom. The van der Waals surface area contributed by atoms with Gasteiger partial charge in [-0.3, -0.25) is 0 Å². The van der Waals surface area contributed by atoms with Crippen LogP contribution in [-0.4, -0.2) is 55.5 Å². The summed E-state index contributed by atoms with van der Waals surface area (Å²) in [4.78, 5) is 14.4. The molecule has 1 unspecified atom stereocenters. The first-order valence-electron chi connectivity index (χ1n) is 5.53. The average Bonchev–Trinajstić information content (AvgIpc) is 2.95. The van der Waals surface area contributed by atoms with Crippen LogP contribution in [0.15, 0.2) is 11.3 Å². The highest BCUT2D eigenvalue weighted by atomic mass is 32.2. The van der Waals surface area contributed by atoms with Gasteiger partial charge in [0.25, 0.3) is 0 Å². The van der Waals surface area contributed by atoms with Crippen LogP contribution in [0.5, 0.6) is 0 Å². The van der Waals surface area contributed by atoms with Crippen molar-refractivity contribution in [1.29, 1.82) is 0 Å². The number of aliphatic hydroxyl groups excluding tert-OH is 1. The quantitative estimate of drug-likeness (QED) is 0.467. The van der Waals surface area contributed by atoms with Crippen molar-refractivity contribution in [2.24, 2.45) is 12.1 Å². The summed E-state index contributed by atoms with van der Waals surface area (Å²) in [5.74, 6) is 0.520. The Kier molecular flexibility index (Phi) is 4.02. The first-order chi connectivity index (χ1) is 9.04. The number of aliphatic hydroxyl groups is 1. The van der Waals surface area contributed by atoms with Crippen molar-refractivity contribution < 1.29 is 10.0 Å². The number of imidazole rings is 1. The maximum Gasteiger partial charge on any atom is 0.342 e. The second-order valence-corrected chi connectivity index (χ2v) is 4.98. The summed E-state index contributed by atoms with van der Waals surface area (Å²) in [5.41, 5.74) is 0. The van der Waals surface area contributed by atoms with Gasteiger partial charge in [-0.1, -0.05) is 0 Å². The second-order valence-electron chi connectivity index (χ2n) is 3.94. The van der Waals surface area contributed by atoms with Gasteiger partial charge in [-0.2, -0.15) is 14.6 Å². The molecule has 1 aromatic rings. The van der Waals surface area contributed by atoms with E-state index in [2.05, 4.69) is 10.1 Å². The molecule has 9 nitrogen and oxygen atoms in total. The molecular formula is C9H14N6O3S. The fourth-order valence-electron chi connectivity index (χ4n) is 1.63. The first kappa shape index (κ1) is 13.8. The monoisotopic (exact) mass is 286 g/mol. The van der Waals surface area contributed by atoms with E-state index in [1.165, 1.54) is 22.7 Å². The smallest absolute Gasteiger partial charge is 0.342 e. The molecule has 0 amide bonds. The van der Waals surface area contributed by atoms with E-state index in [0.29, 0.717) is 12.4 Å². The molecule has 0 radical (unpaired) electrons.